The van der Waals surface area contributed by atoms with Crippen LogP contribution < -0.4 is 25.8 Å². The van der Waals surface area contributed by atoms with Crippen LogP contribution in [0.5, 0.6) is 5.75 Å². The van der Waals surface area contributed by atoms with E-state index in [1.54, 1.807) is 30.1 Å². The third-order valence-corrected chi connectivity index (χ3v) is 8.76. The van der Waals surface area contributed by atoms with Crippen LogP contribution in [0.15, 0.2) is 29.2 Å². The lowest BCUT2D eigenvalue weighted by molar-refractivity contribution is -0.132. The van der Waals surface area contributed by atoms with Crippen LogP contribution in [0, 0.1) is 5.92 Å². The van der Waals surface area contributed by atoms with Gasteiger partial charge in [-0.15, -0.1) is 0 Å². The maximum Gasteiger partial charge on any atom is 0.301 e. The SMILES string of the molecule is CN1C[C@H]2CC[C@@H](C1=O)N2c1ncc(Cl)c(Nc2ccc3c(c2)c2c(c(=O)n3C)OCC(F)(F)C(C3CC3)N2)n1. The number of nitrogens with one attached hydrogen (secondary N) is 2. The fourth-order valence-corrected chi connectivity index (χ4v) is 6.40. The zero-order valence-electron chi connectivity index (χ0n) is 22.0. The fourth-order valence-electron chi connectivity index (χ4n) is 6.26. The zero-order valence-corrected chi connectivity index (χ0v) is 22.7. The number of hydrogen-bond donors (Lipinski definition) is 2. The maximum absolute atomic E-state index is 15.0. The van der Waals surface area contributed by atoms with Crippen molar-refractivity contribution < 1.29 is 18.3 Å². The number of hydrogen-bond acceptors (Lipinski definition) is 8. The molecule has 5 heterocycles. The Bertz CT molecular complexity index is 1610. The van der Waals surface area contributed by atoms with Crippen molar-refractivity contribution in [1.82, 2.24) is 19.4 Å². The number of pyridine rings is 1. The number of aryl methyl sites for hydroxylation is 1. The highest BCUT2D eigenvalue weighted by molar-refractivity contribution is 6.33. The van der Waals surface area contributed by atoms with Crippen molar-refractivity contribution in [1.29, 1.82) is 0 Å². The van der Waals surface area contributed by atoms with Gasteiger partial charge in [0.25, 0.3) is 5.56 Å². The molecule has 2 bridgehead atoms. The molecule has 7 rings (SSSR count). The van der Waals surface area contributed by atoms with Crippen LogP contribution in [0.25, 0.3) is 10.9 Å². The molecule has 1 aromatic carbocycles. The van der Waals surface area contributed by atoms with Crippen LogP contribution in [-0.4, -0.2) is 69.6 Å². The summed E-state index contributed by atoms with van der Waals surface area (Å²) in [6, 6.07) is 3.96. The number of benzene rings is 1. The number of halogens is 3. The average molecular weight is 572 g/mol. The van der Waals surface area contributed by atoms with Crippen LogP contribution in [0.2, 0.25) is 5.02 Å². The second kappa shape index (κ2) is 8.92. The molecule has 1 aliphatic carbocycles. The number of nitrogens with zero attached hydrogens (tertiary/aromatic N) is 5. The van der Waals surface area contributed by atoms with Crippen LogP contribution in [0.4, 0.5) is 31.9 Å². The van der Waals surface area contributed by atoms with Gasteiger partial charge in [-0.2, -0.15) is 4.98 Å². The second-order valence-corrected chi connectivity index (χ2v) is 11.6. The molecule has 2 aromatic heterocycles. The molecule has 1 amide bonds. The van der Waals surface area contributed by atoms with E-state index in [-0.39, 0.29) is 40.4 Å². The van der Waals surface area contributed by atoms with Gasteiger partial charge in [-0.3, -0.25) is 9.59 Å². The Labute approximate surface area is 233 Å². The van der Waals surface area contributed by atoms with Crippen molar-refractivity contribution in [2.24, 2.45) is 13.0 Å². The molecule has 2 saturated heterocycles. The quantitative estimate of drug-likeness (QED) is 0.488. The topological polar surface area (TPSA) is 105 Å². The van der Waals surface area contributed by atoms with E-state index in [1.807, 2.05) is 11.9 Å². The van der Waals surface area contributed by atoms with E-state index >= 15 is 0 Å². The molecule has 3 aromatic rings. The molecule has 40 heavy (non-hydrogen) atoms. The predicted molar refractivity (Wildman–Crippen MR) is 147 cm³/mol. The molecule has 3 aliphatic heterocycles. The van der Waals surface area contributed by atoms with Crippen LogP contribution in [-0.2, 0) is 11.8 Å². The summed E-state index contributed by atoms with van der Waals surface area (Å²) in [5.41, 5.74) is 0.922. The van der Waals surface area contributed by atoms with Crippen molar-refractivity contribution in [2.75, 3.05) is 35.7 Å². The van der Waals surface area contributed by atoms with E-state index in [1.165, 1.54) is 10.8 Å². The highest BCUT2D eigenvalue weighted by Crippen LogP contribution is 2.46. The summed E-state index contributed by atoms with van der Waals surface area (Å²) in [6.45, 7) is -0.252. The standard InChI is InChI=1S/C27H28ClF2N7O3/c1-35-11-15-6-8-19(24(35)38)37(15)26-31-10-17(28)23(34-26)32-14-5-7-18-16(9-14)20-21(25(39)36(18)2)40-12-27(29,30)22(33-20)13-3-4-13/h5,7,9-10,13,15,19,22,33H,3-4,6,8,11-12H2,1-2H3,(H,31,32,34)/t15-,19+,22?/m1/s1. The van der Waals surface area contributed by atoms with Gasteiger partial charge in [-0.05, 0) is 49.8 Å². The van der Waals surface area contributed by atoms with E-state index in [4.69, 9.17) is 16.3 Å². The number of anilines is 4. The summed E-state index contributed by atoms with van der Waals surface area (Å²) in [4.78, 5) is 38.6. The van der Waals surface area contributed by atoms with Crippen LogP contribution >= 0.6 is 11.6 Å². The Morgan fingerprint density at radius 3 is 2.75 bits per heavy atom. The lowest BCUT2D eigenvalue weighted by Crippen LogP contribution is -2.56. The number of rotatable bonds is 4. The number of carbonyl (C=O) groups is 1. The normalized spacial score (nSPS) is 25.3. The van der Waals surface area contributed by atoms with Crippen molar-refractivity contribution in [2.45, 2.75) is 49.7 Å². The third kappa shape index (κ3) is 3.94. The maximum atomic E-state index is 15.0. The summed E-state index contributed by atoms with van der Waals surface area (Å²) in [5, 5.41) is 7.05. The molecule has 0 radical (unpaired) electrons. The minimum absolute atomic E-state index is 0.0486. The van der Waals surface area contributed by atoms with Gasteiger partial charge in [0.05, 0.1) is 29.5 Å². The zero-order chi connectivity index (χ0) is 27.9. The van der Waals surface area contributed by atoms with Crippen molar-refractivity contribution in [3.63, 3.8) is 0 Å². The second-order valence-electron chi connectivity index (χ2n) is 11.2. The lowest BCUT2D eigenvalue weighted by Gasteiger charge is -2.38. The smallest absolute Gasteiger partial charge is 0.301 e. The van der Waals surface area contributed by atoms with Crippen molar-refractivity contribution in [3.05, 3.63) is 39.8 Å². The fraction of sp³-hybridized carbons (Fsp3) is 0.481. The molecular formula is C27H28ClF2N7O3. The molecule has 1 unspecified atom stereocenters. The number of ether oxygens (including phenoxy) is 1. The monoisotopic (exact) mass is 571 g/mol. The molecule has 4 aliphatic rings. The molecule has 2 N–H and O–H groups in total. The highest BCUT2D eigenvalue weighted by Gasteiger charge is 2.51. The van der Waals surface area contributed by atoms with Gasteiger partial charge in [0.2, 0.25) is 17.6 Å². The van der Waals surface area contributed by atoms with Crippen molar-refractivity contribution in [3.8, 4) is 5.75 Å². The number of carbonyl (C=O) groups excluding carboxylic acids is 1. The van der Waals surface area contributed by atoms with Gasteiger partial charge < -0.3 is 29.7 Å². The van der Waals surface area contributed by atoms with E-state index < -0.39 is 24.1 Å². The molecule has 1 saturated carbocycles. The molecule has 13 heteroatoms. The minimum Gasteiger partial charge on any atom is -0.480 e. The van der Waals surface area contributed by atoms with Gasteiger partial charge >= 0.3 is 5.92 Å². The molecule has 3 atom stereocenters. The van der Waals surface area contributed by atoms with Crippen molar-refractivity contribution >= 4 is 51.6 Å². The summed E-state index contributed by atoms with van der Waals surface area (Å²) in [7, 11) is 3.40. The lowest BCUT2D eigenvalue weighted by atomic mass is 10.0. The average Bonchev–Trinajstić information content (AvgIpc) is 3.71. The Morgan fingerprint density at radius 1 is 1.18 bits per heavy atom. The Balaban J connectivity index is 1.27. The first-order valence-corrected chi connectivity index (χ1v) is 13.8. The molecular weight excluding hydrogens is 544 g/mol. The van der Waals surface area contributed by atoms with E-state index in [0.717, 1.165) is 12.8 Å². The first-order chi connectivity index (χ1) is 19.1. The van der Waals surface area contributed by atoms with Gasteiger partial charge in [-0.1, -0.05) is 11.6 Å². The predicted octanol–water partition coefficient (Wildman–Crippen LogP) is 3.75. The number of likely N-dealkylation sites (N-methyl/N-ethyl adjacent to an activating group) is 1. The van der Waals surface area contributed by atoms with E-state index in [0.29, 0.717) is 47.7 Å². The Kier molecular flexibility index (Phi) is 5.64. The number of likely N-dealkylation sites (tertiary alicyclic amines) is 1. The first kappa shape index (κ1) is 25.3. The van der Waals surface area contributed by atoms with Gasteiger partial charge in [0, 0.05) is 31.7 Å². The molecule has 0 spiro atoms. The van der Waals surface area contributed by atoms with E-state index in [2.05, 4.69) is 20.6 Å². The van der Waals surface area contributed by atoms with Gasteiger partial charge in [0.1, 0.15) is 11.1 Å². The summed E-state index contributed by atoms with van der Waals surface area (Å²) < 4.78 is 36.8. The minimum atomic E-state index is -3.12. The van der Waals surface area contributed by atoms with Crippen LogP contribution in [0.1, 0.15) is 25.7 Å². The first-order valence-electron chi connectivity index (χ1n) is 13.4. The van der Waals surface area contributed by atoms with Gasteiger partial charge in [-0.25, -0.2) is 13.8 Å². The number of aromatic nitrogens is 3. The number of amides is 1. The van der Waals surface area contributed by atoms with E-state index in [9.17, 15) is 18.4 Å². The molecule has 3 fully saturated rings. The molecule has 210 valence electrons. The Morgan fingerprint density at radius 2 is 1.98 bits per heavy atom. The largest absolute Gasteiger partial charge is 0.480 e. The summed E-state index contributed by atoms with van der Waals surface area (Å²) in [5.74, 6) is -2.61. The summed E-state index contributed by atoms with van der Waals surface area (Å²) >= 11 is 6.48. The third-order valence-electron chi connectivity index (χ3n) is 8.48. The highest BCUT2D eigenvalue weighted by atomic mass is 35.5. The number of fused-ring (bicyclic) bond motifs is 5. The summed E-state index contributed by atoms with van der Waals surface area (Å²) in [6.07, 6.45) is 4.52. The molecule has 10 nitrogen and oxygen atoms in total. The van der Waals surface area contributed by atoms with Gasteiger partial charge in [0.15, 0.2) is 12.4 Å². The Hall–Kier alpha value is -3.67. The van der Waals surface area contributed by atoms with Crippen LogP contribution in [0.3, 0.4) is 0 Å². The number of piperazine rings is 1. The number of alkyl halides is 2.